The van der Waals surface area contributed by atoms with Crippen LogP contribution in [0.3, 0.4) is 0 Å². The Morgan fingerprint density at radius 1 is 1.31 bits per heavy atom. The van der Waals surface area contributed by atoms with Gasteiger partial charge in [0.15, 0.2) is 0 Å². The lowest BCUT2D eigenvalue weighted by Crippen LogP contribution is -2.42. The lowest BCUT2D eigenvalue weighted by atomic mass is 9.88. The summed E-state index contributed by atoms with van der Waals surface area (Å²) in [5.41, 5.74) is 0. The fourth-order valence-electron chi connectivity index (χ4n) is 2.57. The second-order valence-corrected chi connectivity index (χ2v) is 7.64. The molecule has 0 aromatic heterocycles. The quantitative estimate of drug-likeness (QED) is 0.693. The third kappa shape index (κ3) is 5.46. The van der Waals surface area contributed by atoms with Crippen molar-refractivity contribution in [2.24, 2.45) is 5.92 Å². The van der Waals surface area contributed by atoms with Crippen molar-refractivity contribution in [1.82, 2.24) is 4.98 Å². The van der Waals surface area contributed by atoms with Crippen molar-refractivity contribution >= 4 is 9.20 Å². The van der Waals surface area contributed by atoms with Crippen LogP contribution in [0.15, 0.2) is 0 Å². The summed E-state index contributed by atoms with van der Waals surface area (Å²) in [5.74, 6) is 0.998. The molecule has 16 heavy (non-hydrogen) atoms. The minimum Gasteiger partial charge on any atom is -0.409 e. The normalized spacial score (nSPS) is 21.9. The zero-order valence-electron chi connectivity index (χ0n) is 11.3. The van der Waals surface area contributed by atoms with Gasteiger partial charge in [0.1, 0.15) is 0 Å². The van der Waals surface area contributed by atoms with Gasteiger partial charge in [-0.1, -0.05) is 46.0 Å². The topological polar surface area (TPSA) is 21.3 Å². The van der Waals surface area contributed by atoms with Gasteiger partial charge in [-0.05, 0) is 30.8 Å². The molecule has 1 N–H and O–H groups in total. The Hall–Kier alpha value is 0.137. The fraction of sp³-hybridized carbons (Fsp3) is 1.00. The molecule has 0 bridgehead atoms. The summed E-state index contributed by atoms with van der Waals surface area (Å²) in [6.07, 6.45) is 9.92. The Morgan fingerprint density at radius 2 is 2.00 bits per heavy atom. The van der Waals surface area contributed by atoms with Crippen molar-refractivity contribution in [3.8, 4) is 0 Å². The molecule has 0 aromatic rings. The first-order valence-corrected chi connectivity index (χ1v) is 8.91. The van der Waals surface area contributed by atoms with Crippen molar-refractivity contribution in [2.75, 3.05) is 7.11 Å². The van der Waals surface area contributed by atoms with Crippen LogP contribution in [0.5, 0.6) is 0 Å². The number of nitrogens with one attached hydrogen (secondary N) is 1. The molecule has 96 valence electrons. The van der Waals surface area contributed by atoms with Crippen LogP contribution in [0.1, 0.15) is 58.8 Å². The van der Waals surface area contributed by atoms with Gasteiger partial charge in [-0.25, -0.2) is 0 Å². The minimum atomic E-state index is -1.11. The zero-order chi connectivity index (χ0) is 11.8. The summed E-state index contributed by atoms with van der Waals surface area (Å²) < 4.78 is 5.64. The molecule has 0 radical (unpaired) electrons. The maximum absolute atomic E-state index is 5.64. The lowest BCUT2D eigenvalue weighted by molar-refractivity contribution is 0.336. The van der Waals surface area contributed by atoms with Gasteiger partial charge in [0.2, 0.25) is 0 Å². The summed E-state index contributed by atoms with van der Waals surface area (Å²) in [5, 5.41) is 0. The summed E-state index contributed by atoms with van der Waals surface area (Å²) in [7, 11) is 0.773. The molecule has 0 saturated heterocycles. The van der Waals surface area contributed by atoms with Crippen molar-refractivity contribution in [3.05, 3.63) is 0 Å². The van der Waals surface area contributed by atoms with E-state index < -0.39 is 9.20 Å². The van der Waals surface area contributed by atoms with Crippen LogP contribution in [0.4, 0.5) is 0 Å². The monoisotopic (exact) mass is 243 g/mol. The van der Waals surface area contributed by atoms with Crippen LogP contribution >= 0.6 is 0 Å². The molecule has 1 aliphatic rings. The van der Waals surface area contributed by atoms with E-state index >= 15 is 0 Å². The summed E-state index contributed by atoms with van der Waals surface area (Å²) in [6, 6.07) is 1.94. The SMILES string of the molecule is CCC(C)N[SiH](CCC1CCCCC1)OC. The van der Waals surface area contributed by atoms with Crippen LogP contribution in [0.25, 0.3) is 0 Å². The van der Waals surface area contributed by atoms with E-state index in [9.17, 15) is 0 Å². The first kappa shape index (κ1) is 14.2. The molecule has 1 aliphatic carbocycles. The first-order chi connectivity index (χ1) is 7.76. The average Bonchev–Trinajstić information content (AvgIpc) is 2.35. The van der Waals surface area contributed by atoms with Gasteiger partial charge in [-0.2, -0.15) is 0 Å². The Kier molecular flexibility index (Phi) is 7.33. The maximum atomic E-state index is 5.64. The third-order valence-corrected chi connectivity index (χ3v) is 6.30. The Morgan fingerprint density at radius 3 is 2.56 bits per heavy atom. The van der Waals surface area contributed by atoms with Gasteiger partial charge in [-0.15, -0.1) is 0 Å². The first-order valence-electron chi connectivity index (χ1n) is 7.05. The van der Waals surface area contributed by atoms with Crippen molar-refractivity contribution < 1.29 is 4.43 Å². The maximum Gasteiger partial charge on any atom is 0.252 e. The molecule has 0 spiro atoms. The van der Waals surface area contributed by atoms with E-state index in [0.717, 1.165) is 5.92 Å². The summed E-state index contributed by atoms with van der Waals surface area (Å²) in [6.45, 7) is 4.50. The Labute approximate surface area is 103 Å². The van der Waals surface area contributed by atoms with Gasteiger partial charge in [0.05, 0.1) is 0 Å². The largest absolute Gasteiger partial charge is 0.409 e. The van der Waals surface area contributed by atoms with E-state index in [1.54, 1.807) is 0 Å². The average molecular weight is 243 g/mol. The van der Waals surface area contributed by atoms with E-state index in [1.807, 2.05) is 7.11 Å². The highest BCUT2D eigenvalue weighted by atomic mass is 28.3. The molecule has 1 fully saturated rings. The molecular formula is C13H29NOSi. The number of hydrogen-bond acceptors (Lipinski definition) is 2. The van der Waals surface area contributed by atoms with E-state index in [4.69, 9.17) is 4.43 Å². The van der Waals surface area contributed by atoms with E-state index in [0.29, 0.717) is 6.04 Å². The highest BCUT2D eigenvalue weighted by molar-refractivity contribution is 6.48. The molecule has 1 rings (SSSR count). The molecule has 2 nitrogen and oxygen atoms in total. The van der Waals surface area contributed by atoms with Crippen molar-refractivity contribution in [1.29, 1.82) is 0 Å². The zero-order valence-corrected chi connectivity index (χ0v) is 12.5. The van der Waals surface area contributed by atoms with Crippen LogP contribution < -0.4 is 4.98 Å². The van der Waals surface area contributed by atoms with Crippen molar-refractivity contribution in [2.45, 2.75) is 70.9 Å². The van der Waals surface area contributed by atoms with Crippen LogP contribution in [-0.2, 0) is 4.43 Å². The van der Waals surface area contributed by atoms with Crippen LogP contribution in [0.2, 0.25) is 6.04 Å². The predicted octanol–water partition coefficient (Wildman–Crippen LogP) is 3.21. The van der Waals surface area contributed by atoms with Crippen molar-refractivity contribution in [3.63, 3.8) is 0 Å². The van der Waals surface area contributed by atoms with Crippen LogP contribution in [-0.4, -0.2) is 22.4 Å². The Bertz CT molecular complexity index is 171. The molecule has 2 unspecified atom stereocenters. The predicted molar refractivity (Wildman–Crippen MR) is 73.0 cm³/mol. The van der Waals surface area contributed by atoms with Gasteiger partial charge >= 0.3 is 0 Å². The standard InChI is InChI=1S/C13H29NOSi/c1-4-12(2)14-16(15-3)11-10-13-8-6-5-7-9-13/h12-14,16H,4-11H2,1-3H3. The highest BCUT2D eigenvalue weighted by Crippen LogP contribution is 2.27. The van der Waals surface area contributed by atoms with Gasteiger partial charge in [0, 0.05) is 7.11 Å². The smallest absolute Gasteiger partial charge is 0.252 e. The molecule has 0 heterocycles. The molecule has 2 atom stereocenters. The number of hydrogen-bond donors (Lipinski definition) is 1. The van der Waals surface area contributed by atoms with Crippen LogP contribution in [0, 0.1) is 5.92 Å². The second-order valence-electron chi connectivity index (χ2n) is 5.28. The highest BCUT2D eigenvalue weighted by Gasteiger charge is 2.18. The fourth-order valence-corrected chi connectivity index (χ4v) is 4.75. The molecule has 0 aromatic carbocycles. The molecule has 0 amide bonds. The van der Waals surface area contributed by atoms with E-state index in [-0.39, 0.29) is 0 Å². The molecule has 1 saturated carbocycles. The van der Waals surface area contributed by atoms with E-state index in [2.05, 4.69) is 18.8 Å². The lowest BCUT2D eigenvalue weighted by Gasteiger charge is -2.24. The molecule has 0 aliphatic heterocycles. The van der Waals surface area contributed by atoms with Gasteiger partial charge < -0.3 is 9.41 Å². The summed E-state index contributed by atoms with van der Waals surface area (Å²) in [4.78, 5) is 3.67. The van der Waals surface area contributed by atoms with Gasteiger partial charge in [-0.3, -0.25) is 0 Å². The molecule has 3 heteroatoms. The van der Waals surface area contributed by atoms with E-state index in [1.165, 1.54) is 51.0 Å². The third-order valence-electron chi connectivity index (χ3n) is 3.93. The Balaban J connectivity index is 2.16. The number of rotatable bonds is 7. The van der Waals surface area contributed by atoms with Gasteiger partial charge in [0.25, 0.3) is 9.20 Å². The second kappa shape index (κ2) is 8.26. The molecular weight excluding hydrogens is 214 g/mol. The summed E-state index contributed by atoms with van der Waals surface area (Å²) >= 11 is 0. The minimum absolute atomic E-state index is 0.628.